The third-order valence-electron chi connectivity index (χ3n) is 5.50. The molecule has 4 rings (SSSR count). The van der Waals surface area contributed by atoms with Crippen LogP contribution < -0.4 is 14.8 Å². The number of anilines is 1. The van der Waals surface area contributed by atoms with Gasteiger partial charge in [-0.2, -0.15) is 5.10 Å². The molecule has 2 aromatic carbocycles. The van der Waals surface area contributed by atoms with Crippen molar-refractivity contribution in [2.45, 2.75) is 25.4 Å². The summed E-state index contributed by atoms with van der Waals surface area (Å²) in [5, 5.41) is 7.27. The van der Waals surface area contributed by atoms with Gasteiger partial charge in [0.2, 0.25) is 0 Å². The zero-order valence-corrected chi connectivity index (χ0v) is 18.1. The second-order valence-corrected chi connectivity index (χ2v) is 7.43. The smallest absolute Gasteiger partial charge is 0.259 e. The highest BCUT2D eigenvalue weighted by molar-refractivity contribution is 5.94. The Morgan fingerprint density at radius 2 is 1.94 bits per heavy atom. The maximum Gasteiger partial charge on any atom is 0.259 e. The van der Waals surface area contributed by atoms with Crippen molar-refractivity contribution >= 4 is 11.7 Å². The lowest BCUT2D eigenvalue weighted by Gasteiger charge is -2.18. The Labute approximate surface area is 187 Å². The van der Waals surface area contributed by atoms with Gasteiger partial charge in [-0.1, -0.05) is 24.1 Å². The van der Waals surface area contributed by atoms with Crippen molar-refractivity contribution in [2.24, 2.45) is 0 Å². The molecule has 7 nitrogen and oxygen atoms in total. The van der Waals surface area contributed by atoms with Crippen molar-refractivity contribution in [3.8, 4) is 29.5 Å². The Morgan fingerprint density at radius 1 is 1.12 bits per heavy atom. The minimum absolute atomic E-state index is 0.0319. The second-order valence-electron chi connectivity index (χ2n) is 7.43. The van der Waals surface area contributed by atoms with Gasteiger partial charge in [0.1, 0.15) is 12.4 Å². The minimum atomic E-state index is -0.828. The van der Waals surface area contributed by atoms with Crippen LogP contribution in [0.1, 0.15) is 29.2 Å². The molecule has 0 saturated heterocycles. The van der Waals surface area contributed by atoms with E-state index < -0.39 is 6.10 Å². The summed E-state index contributed by atoms with van der Waals surface area (Å²) in [5.41, 5.74) is 4.09. The number of nitrogens with one attached hydrogen (secondary N) is 1. The number of hydrogen-bond donors (Lipinski definition) is 1. The van der Waals surface area contributed by atoms with Crippen molar-refractivity contribution in [3.05, 3.63) is 65.4 Å². The van der Waals surface area contributed by atoms with Crippen LogP contribution in [0.15, 0.2) is 48.7 Å². The van der Waals surface area contributed by atoms with Crippen molar-refractivity contribution < 1.29 is 19.0 Å². The highest BCUT2D eigenvalue weighted by atomic mass is 16.5. The van der Waals surface area contributed by atoms with E-state index in [0.29, 0.717) is 23.0 Å². The summed E-state index contributed by atoms with van der Waals surface area (Å²) in [5.74, 6) is 3.79. The van der Waals surface area contributed by atoms with Gasteiger partial charge in [-0.05, 0) is 48.1 Å². The maximum atomic E-state index is 13.2. The van der Waals surface area contributed by atoms with Crippen LogP contribution >= 0.6 is 0 Å². The van der Waals surface area contributed by atoms with E-state index in [9.17, 15) is 4.79 Å². The van der Waals surface area contributed by atoms with E-state index in [2.05, 4.69) is 28.5 Å². The van der Waals surface area contributed by atoms with Crippen LogP contribution in [0.5, 0.6) is 11.5 Å². The molecule has 1 atom stereocenters. The first kappa shape index (κ1) is 21.5. The summed E-state index contributed by atoms with van der Waals surface area (Å²) in [7, 11) is 3.14. The molecule has 1 unspecified atom stereocenters. The normalized spacial score (nSPS) is 13.2. The number of fused-ring (bicyclic) bond motifs is 1. The molecule has 164 valence electrons. The van der Waals surface area contributed by atoms with Gasteiger partial charge < -0.3 is 19.5 Å². The molecular formula is C25H25N3O4. The number of carbonyl (C=O) groups excluding carboxylic acids is 1. The van der Waals surface area contributed by atoms with E-state index in [1.165, 1.54) is 11.1 Å². The Hall–Kier alpha value is -3.76. The lowest BCUT2D eigenvalue weighted by molar-refractivity contribution is -0.127. The number of benzene rings is 2. The van der Waals surface area contributed by atoms with Gasteiger partial charge in [0.05, 0.1) is 26.1 Å². The number of carbonyl (C=O) groups is 1. The third-order valence-corrected chi connectivity index (χ3v) is 5.50. The molecule has 0 bridgehead atoms. The van der Waals surface area contributed by atoms with Crippen LogP contribution in [0, 0.1) is 12.3 Å². The molecule has 1 amide bonds. The zero-order valence-electron chi connectivity index (χ0n) is 18.1. The predicted molar refractivity (Wildman–Crippen MR) is 121 cm³/mol. The quantitative estimate of drug-likeness (QED) is 0.551. The Kier molecular flexibility index (Phi) is 6.43. The van der Waals surface area contributed by atoms with E-state index >= 15 is 0 Å². The number of aromatic nitrogens is 2. The molecule has 0 fully saturated rings. The SMILES string of the molecule is C#CCOC(C(=O)Nc1ccnn1-c1ccc(OC)c(OC)c1)c1ccc2c(c1)CCC2. The summed E-state index contributed by atoms with van der Waals surface area (Å²) in [4.78, 5) is 13.2. The van der Waals surface area contributed by atoms with Crippen molar-refractivity contribution in [2.75, 3.05) is 26.1 Å². The molecular weight excluding hydrogens is 406 g/mol. The number of amides is 1. The minimum Gasteiger partial charge on any atom is -0.493 e. The average Bonchev–Trinajstić information content (AvgIpc) is 3.48. The van der Waals surface area contributed by atoms with Gasteiger partial charge in [-0.25, -0.2) is 4.68 Å². The first-order valence-electron chi connectivity index (χ1n) is 10.4. The number of hydrogen-bond acceptors (Lipinski definition) is 5. The van der Waals surface area contributed by atoms with Gasteiger partial charge in [-0.3, -0.25) is 4.79 Å². The van der Waals surface area contributed by atoms with Crippen LogP contribution in [-0.4, -0.2) is 36.5 Å². The molecule has 1 N–H and O–H groups in total. The molecule has 0 aliphatic heterocycles. The van der Waals surface area contributed by atoms with Gasteiger partial charge in [0.25, 0.3) is 5.91 Å². The van der Waals surface area contributed by atoms with E-state index in [1.807, 2.05) is 12.1 Å². The van der Waals surface area contributed by atoms with Gasteiger partial charge in [0, 0.05) is 12.1 Å². The molecule has 0 saturated carbocycles. The van der Waals surface area contributed by atoms with E-state index in [-0.39, 0.29) is 12.5 Å². The van der Waals surface area contributed by atoms with Gasteiger partial charge in [0.15, 0.2) is 17.6 Å². The molecule has 7 heteroatoms. The first-order valence-corrected chi connectivity index (χ1v) is 10.4. The summed E-state index contributed by atoms with van der Waals surface area (Å²) in [6.45, 7) is 0.0319. The summed E-state index contributed by atoms with van der Waals surface area (Å²) in [6, 6.07) is 13.2. The van der Waals surface area contributed by atoms with E-state index in [1.54, 1.807) is 43.3 Å². The summed E-state index contributed by atoms with van der Waals surface area (Å²) >= 11 is 0. The topological polar surface area (TPSA) is 74.6 Å². The van der Waals surface area contributed by atoms with Gasteiger partial charge in [-0.15, -0.1) is 6.42 Å². The summed E-state index contributed by atoms with van der Waals surface area (Å²) < 4.78 is 18.0. The zero-order chi connectivity index (χ0) is 22.5. The average molecular weight is 431 g/mol. The van der Waals surface area contributed by atoms with Crippen LogP contribution in [-0.2, 0) is 22.4 Å². The van der Waals surface area contributed by atoms with E-state index in [4.69, 9.17) is 20.6 Å². The van der Waals surface area contributed by atoms with Gasteiger partial charge >= 0.3 is 0 Å². The van der Waals surface area contributed by atoms with Crippen LogP contribution in [0.3, 0.4) is 0 Å². The summed E-state index contributed by atoms with van der Waals surface area (Å²) in [6.07, 6.45) is 9.39. The first-order chi connectivity index (χ1) is 15.6. The third kappa shape index (κ3) is 4.32. The largest absolute Gasteiger partial charge is 0.493 e. The number of methoxy groups -OCH3 is 2. The van der Waals surface area contributed by atoms with Crippen molar-refractivity contribution in [3.63, 3.8) is 0 Å². The number of ether oxygens (including phenoxy) is 3. The Balaban J connectivity index is 1.60. The van der Waals surface area contributed by atoms with Crippen molar-refractivity contribution in [1.82, 2.24) is 9.78 Å². The lowest BCUT2D eigenvalue weighted by atomic mass is 10.0. The van der Waals surface area contributed by atoms with Crippen LogP contribution in [0.2, 0.25) is 0 Å². The fraction of sp³-hybridized carbons (Fsp3) is 0.280. The molecule has 1 aliphatic carbocycles. The number of aryl methyl sites for hydroxylation is 2. The maximum absolute atomic E-state index is 13.2. The van der Waals surface area contributed by atoms with Crippen LogP contribution in [0.4, 0.5) is 5.82 Å². The molecule has 3 aromatic rings. The fourth-order valence-electron chi connectivity index (χ4n) is 3.96. The molecule has 32 heavy (non-hydrogen) atoms. The number of rotatable bonds is 8. The number of nitrogens with zero attached hydrogens (tertiary/aromatic N) is 2. The van der Waals surface area contributed by atoms with E-state index in [0.717, 1.165) is 24.8 Å². The molecule has 1 heterocycles. The predicted octanol–water partition coefficient (Wildman–Crippen LogP) is 3.71. The molecule has 0 radical (unpaired) electrons. The number of terminal acetylenes is 1. The molecule has 0 spiro atoms. The molecule has 1 aromatic heterocycles. The fourth-order valence-corrected chi connectivity index (χ4v) is 3.96. The Bertz CT molecular complexity index is 1160. The highest BCUT2D eigenvalue weighted by Gasteiger charge is 2.24. The monoisotopic (exact) mass is 431 g/mol. The van der Waals surface area contributed by atoms with Crippen LogP contribution in [0.25, 0.3) is 5.69 Å². The second kappa shape index (κ2) is 9.58. The highest BCUT2D eigenvalue weighted by Crippen LogP contribution is 2.31. The Morgan fingerprint density at radius 3 is 2.72 bits per heavy atom. The van der Waals surface area contributed by atoms with Crippen molar-refractivity contribution in [1.29, 1.82) is 0 Å². The lowest BCUT2D eigenvalue weighted by Crippen LogP contribution is -2.25. The standard InChI is InChI=1S/C25H25N3O4/c1-4-14-32-24(19-9-8-17-6-5-7-18(17)15-19)25(29)27-23-12-13-26-28(23)20-10-11-21(30-2)22(16-20)31-3/h1,8-13,15-16,24H,5-7,14H2,2-3H3,(H,27,29). The molecule has 1 aliphatic rings.